The van der Waals surface area contributed by atoms with Gasteiger partial charge in [-0.05, 0) is 18.2 Å². The molecule has 17 heavy (non-hydrogen) atoms. The summed E-state index contributed by atoms with van der Waals surface area (Å²) < 4.78 is 10.6. The van der Waals surface area contributed by atoms with E-state index < -0.39 is 17.6 Å². The van der Waals surface area contributed by atoms with Crippen molar-refractivity contribution in [3.63, 3.8) is 0 Å². The summed E-state index contributed by atoms with van der Waals surface area (Å²) in [5.41, 5.74) is -0.783. The number of hydrogen-bond donors (Lipinski definition) is 1. The highest BCUT2D eigenvalue weighted by molar-refractivity contribution is 6.30. The third kappa shape index (κ3) is 1.39. The van der Waals surface area contributed by atoms with Crippen molar-refractivity contribution in [3.8, 4) is 5.75 Å². The molecule has 1 aromatic carbocycles. The van der Waals surface area contributed by atoms with Crippen LogP contribution >= 0.6 is 11.6 Å². The fourth-order valence-corrected chi connectivity index (χ4v) is 2.32. The van der Waals surface area contributed by atoms with Gasteiger partial charge in [0, 0.05) is 17.0 Å². The summed E-state index contributed by atoms with van der Waals surface area (Å²) in [7, 11) is 0. The smallest absolute Gasteiger partial charge is 0.415 e. The highest BCUT2D eigenvalue weighted by Gasteiger charge is 2.53. The minimum absolute atomic E-state index is 0.290. The highest BCUT2D eigenvalue weighted by Crippen LogP contribution is 2.43. The van der Waals surface area contributed by atoms with Crippen LogP contribution in [0.3, 0.4) is 0 Å². The van der Waals surface area contributed by atoms with Crippen LogP contribution in [-0.2, 0) is 15.1 Å². The van der Waals surface area contributed by atoms with Crippen LogP contribution in [0.1, 0.15) is 12.0 Å². The number of nitrogens with one attached hydrogen (secondary N) is 1. The van der Waals surface area contributed by atoms with Crippen molar-refractivity contribution in [2.45, 2.75) is 12.0 Å². The Kier molecular flexibility index (Phi) is 2.06. The molecule has 2 aliphatic heterocycles. The fourth-order valence-electron chi connectivity index (χ4n) is 2.15. The monoisotopic (exact) mass is 253 g/mol. The predicted molar refractivity (Wildman–Crippen MR) is 57.9 cm³/mol. The minimum atomic E-state index is -1.28. The number of fused-ring (bicyclic) bond motifs is 2. The number of ether oxygens (including phenoxy) is 2. The summed E-state index contributed by atoms with van der Waals surface area (Å²) in [6.45, 7) is 0.315. The number of halogens is 1. The zero-order valence-electron chi connectivity index (χ0n) is 8.66. The largest absolute Gasteiger partial charge is 0.493 e. The highest BCUT2D eigenvalue weighted by atomic mass is 35.5. The van der Waals surface area contributed by atoms with Gasteiger partial charge in [0.15, 0.2) is 0 Å². The fraction of sp³-hybridized carbons (Fsp3) is 0.273. The van der Waals surface area contributed by atoms with Crippen molar-refractivity contribution in [2.75, 3.05) is 6.61 Å². The van der Waals surface area contributed by atoms with E-state index in [1.807, 2.05) is 0 Å². The Morgan fingerprint density at radius 1 is 1.35 bits per heavy atom. The summed E-state index contributed by atoms with van der Waals surface area (Å²) in [5, 5.41) is 2.60. The molecule has 3 rings (SSSR count). The first-order valence-corrected chi connectivity index (χ1v) is 5.47. The number of hydrogen-bond acceptors (Lipinski definition) is 4. The molecule has 2 heterocycles. The van der Waals surface area contributed by atoms with Gasteiger partial charge in [0.2, 0.25) is 5.60 Å². The Balaban J connectivity index is 2.19. The first-order chi connectivity index (χ1) is 8.12. The summed E-state index contributed by atoms with van der Waals surface area (Å²) in [5.74, 6) is 0.0554. The zero-order chi connectivity index (χ0) is 12.0. The molecule has 1 N–H and O–H groups in total. The molecule has 0 saturated carbocycles. The standard InChI is InChI=1S/C11H8ClNO4/c12-6-1-2-8-7(5-6)11(3-4-16-8)9(14)13-10(15)17-11/h1-2,5H,3-4H2,(H,13,14,15)/t11-/m1/s1. The second-order valence-corrected chi connectivity index (χ2v) is 4.35. The lowest BCUT2D eigenvalue weighted by molar-refractivity contribution is -0.134. The van der Waals surface area contributed by atoms with E-state index in [9.17, 15) is 9.59 Å². The molecule has 2 aliphatic rings. The van der Waals surface area contributed by atoms with Crippen molar-refractivity contribution in [1.29, 1.82) is 0 Å². The third-order valence-electron chi connectivity index (χ3n) is 2.94. The number of rotatable bonds is 0. The lowest BCUT2D eigenvalue weighted by atomic mass is 9.87. The lowest BCUT2D eigenvalue weighted by Crippen LogP contribution is -2.40. The van der Waals surface area contributed by atoms with Crippen molar-refractivity contribution in [1.82, 2.24) is 5.32 Å². The topological polar surface area (TPSA) is 64.6 Å². The number of imide groups is 1. The first-order valence-electron chi connectivity index (χ1n) is 5.09. The molecular weight excluding hydrogens is 246 g/mol. The van der Waals surface area contributed by atoms with Gasteiger partial charge < -0.3 is 9.47 Å². The Hall–Kier alpha value is -1.75. The molecule has 88 valence electrons. The molecular formula is C11H8ClNO4. The molecule has 0 radical (unpaired) electrons. The summed E-state index contributed by atoms with van der Waals surface area (Å²) in [6, 6.07) is 4.92. The van der Waals surface area contributed by atoms with Gasteiger partial charge in [0.05, 0.1) is 6.61 Å². The van der Waals surface area contributed by atoms with E-state index in [0.29, 0.717) is 22.9 Å². The number of amides is 2. The second-order valence-electron chi connectivity index (χ2n) is 3.91. The van der Waals surface area contributed by atoms with Crippen LogP contribution in [0, 0.1) is 0 Å². The SMILES string of the molecule is O=C1NC(=O)[C@]2(CCOc3ccc(Cl)cc32)O1. The molecule has 6 heteroatoms. The van der Waals surface area contributed by atoms with E-state index in [0.717, 1.165) is 0 Å². The molecule has 1 aromatic rings. The second kappa shape index (κ2) is 3.37. The van der Waals surface area contributed by atoms with E-state index in [1.54, 1.807) is 18.2 Å². The summed E-state index contributed by atoms with van der Waals surface area (Å²) in [6.07, 6.45) is -0.444. The van der Waals surface area contributed by atoms with Crippen molar-refractivity contribution >= 4 is 23.6 Å². The Labute approximate surface area is 102 Å². The van der Waals surface area contributed by atoms with E-state index in [2.05, 4.69) is 5.32 Å². The molecule has 0 aromatic heterocycles. The average molecular weight is 254 g/mol. The quantitative estimate of drug-likeness (QED) is 0.762. The van der Waals surface area contributed by atoms with Crippen molar-refractivity contribution < 1.29 is 19.1 Å². The lowest BCUT2D eigenvalue weighted by Gasteiger charge is -2.31. The minimum Gasteiger partial charge on any atom is -0.493 e. The van der Waals surface area contributed by atoms with E-state index >= 15 is 0 Å². The van der Waals surface area contributed by atoms with Gasteiger partial charge in [-0.15, -0.1) is 0 Å². The summed E-state index contributed by atoms with van der Waals surface area (Å²) >= 11 is 5.89. The van der Waals surface area contributed by atoms with Crippen molar-refractivity contribution in [3.05, 3.63) is 28.8 Å². The van der Waals surface area contributed by atoms with Gasteiger partial charge in [0.1, 0.15) is 5.75 Å². The Morgan fingerprint density at radius 2 is 2.18 bits per heavy atom. The Morgan fingerprint density at radius 3 is 2.88 bits per heavy atom. The van der Waals surface area contributed by atoms with Crippen LogP contribution in [-0.4, -0.2) is 18.6 Å². The predicted octanol–water partition coefficient (Wildman–Crippen LogP) is 1.58. The molecule has 2 amide bonds. The molecule has 1 saturated heterocycles. The molecule has 1 spiro atoms. The van der Waals surface area contributed by atoms with E-state index in [-0.39, 0.29) is 6.42 Å². The number of benzene rings is 1. The zero-order valence-corrected chi connectivity index (χ0v) is 9.41. The molecule has 1 atom stereocenters. The van der Waals surface area contributed by atoms with Gasteiger partial charge in [-0.25, -0.2) is 4.79 Å². The van der Waals surface area contributed by atoms with Crippen LogP contribution in [0.2, 0.25) is 5.02 Å². The molecule has 1 fully saturated rings. The number of alkyl carbamates (subject to hydrolysis) is 1. The van der Waals surface area contributed by atoms with E-state index in [4.69, 9.17) is 21.1 Å². The van der Waals surface area contributed by atoms with Crippen LogP contribution in [0.15, 0.2) is 18.2 Å². The van der Waals surface area contributed by atoms with Gasteiger partial charge in [-0.3, -0.25) is 10.1 Å². The van der Waals surface area contributed by atoms with Gasteiger partial charge >= 0.3 is 6.09 Å². The van der Waals surface area contributed by atoms with Gasteiger partial charge in [0.25, 0.3) is 5.91 Å². The Bertz CT molecular complexity index is 530. The van der Waals surface area contributed by atoms with E-state index in [1.165, 1.54) is 0 Å². The molecule has 0 unspecified atom stereocenters. The normalized spacial score (nSPS) is 26.2. The van der Waals surface area contributed by atoms with Crippen LogP contribution in [0.25, 0.3) is 0 Å². The van der Waals surface area contributed by atoms with Crippen molar-refractivity contribution in [2.24, 2.45) is 0 Å². The van der Waals surface area contributed by atoms with Gasteiger partial charge in [-0.2, -0.15) is 0 Å². The van der Waals surface area contributed by atoms with Crippen LogP contribution in [0.5, 0.6) is 5.75 Å². The maximum absolute atomic E-state index is 11.9. The number of carbonyl (C=O) groups is 2. The summed E-state index contributed by atoms with van der Waals surface area (Å²) in [4.78, 5) is 23.1. The first kappa shape index (κ1) is 10.4. The van der Waals surface area contributed by atoms with Gasteiger partial charge in [-0.1, -0.05) is 11.6 Å². The van der Waals surface area contributed by atoms with Crippen LogP contribution in [0.4, 0.5) is 4.79 Å². The molecule has 0 aliphatic carbocycles. The number of carbonyl (C=O) groups excluding carboxylic acids is 2. The van der Waals surface area contributed by atoms with Crippen LogP contribution < -0.4 is 10.1 Å². The maximum Gasteiger partial charge on any atom is 0.415 e. The maximum atomic E-state index is 11.9. The average Bonchev–Trinajstić information content (AvgIpc) is 2.56. The third-order valence-corrected chi connectivity index (χ3v) is 3.17. The molecule has 5 nitrogen and oxygen atoms in total. The molecule has 0 bridgehead atoms.